The highest BCUT2D eigenvalue weighted by Gasteiger charge is 2.27. The molecule has 1 saturated heterocycles. The highest BCUT2D eigenvalue weighted by molar-refractivity contribution is 6.30. The molecule has 3 rings (SSSR count). The van der Waals surface area contributed by atoms with Crippen LogP contribution in [0.3, 0.4) is 0 Å². The summed E-state index contributed by atoms with van der Waals surface area (Å²) in [5, 5.41) is 10.6. The van der Waals surface area contributed by atoms with Crippen molar-refractivity contribution in [1.29, 1.82) is 0 Å². The van der Waals surface area contributed by atoms with Crippen LogP contribution < -0.4 is 4.74 Å². The van der Waals surface area contributed by atoms with Gasteiger partial charge in [-0.1, -0.05) is 41.9 Å². The molecule has 2 unspecified atom stereocenters. The molecule has 2 aromatic carbocycles. The lowest BCUT2D eigenvalue weighted by Crippen LogP contribution is -2.41. The quantitative estimate of drug-likeness (QED) is 0.853. The standard InChI is InChI=1S/C20H24ClNO2/c21-18-10-8-17(9-11-18)20(14-23)22-12-4-5-16(13-22)15-24-19-6-2-1-3-7-19/h1-3,6-11,16,20,23H,4-5,12-15H2. The fraction of sp³-hybridized carbons (Fsp3) is 0.400. The predicted octanol–water partition coefficient (Wildman–Crippen LogP) is 4.16. The minimum atomic E-state index is 0.0294. The Kier molecular flexibility index (Phi) is 6.13. The van der Waals surface area contributed by atoms with Crippen LogP contribution in [-0.2, 0) is 0 Å². The fourth-order valence-corrected chi connectivity index (χ4v) is 3.49. The summed E-state index contributed by atoms with van der Waals surface area (Å²) in [4.78, 5) is 2.37. The van der Waals surface area contributed by atoms with Crippen LogP contribution in [-0.4, -0.2) is 36.3 Å². The minimum absolute atomic E-state index is 0.0294. The average Bonchev–Trinajstić information content (AvgIpc) is 2.63. The Hall–Kier alpha value is -1.55. The van der Waals surface area contributed by atoms with Gasteiger partial charge in [0.15, 0.2) is 0 Å². The Labute approximate surface area is 148 Å². The van der Waals surface area contributed by atoms with Crippen LogP contribution in [0.5, 0.6) is 5.75 Å². The molecule has 128 valence electrons. The largest absolute Gasteiger partial charge is 0.493 e. The number of likely N-dealkylation sites (tertiary alicyclic amines) is 1. The van der Waals surface area contributed by atoms with Gasteiger partial charge in [0.05, 0.1) is 19.3 Å². The first-order chi connectivity index (χ1) is 11.8. The van der Waals surface area contributed by atoms with E-state index in [-0.39, 0.29) is 12.6 Å². The second-order valence-corrected chi connectivity index (χ2v) is 6.81. The number of aliphatic hydroxyl groups excluding tert-OH is 1. The summed E-state index contributed by atoms with van der Waals surface area (Å²) in [7, 11) is 0. The Balaban J connectivity index is 1.60. The Bertz CT molecular complexity index is 617. The van der Waals surface area contributed by atoms with Gasteiger partial charge in [-0.2, -0.15) is 0 Å². The number of nitrogens with zero attached hydrogens (tertiary/aromatic N) is 1. The van der Waals surface area contributed by atoms with Gasteiger partial charge in [-0.25, -0.2) is 0 Å². The zero-order valence-corrected chi connectivity index (χ0v) is 14.5. The highest BCUT2D eigenvalue weighted by atomic mass is 35.5. The maximum atomic E-state index is 9.89. The van der Waals surface area contributed by atoms with Gasteiger partial charge in [0.25, 0.3) is 0 Å². The molecule has 0 aromatic heterocycles. The molecule has 1 fully saturated rings. The van der Waals surface area contributed by atoms with Crippen LogP contribution in [0.15, 0.2) is 54.6 Å². The van der Waals surface area contributed by atoms with Gasteiger partial charge in [0.1, 0.15) is 5.75 Å². The van der Waals surface area contributed by atoms with Crippen LogP contribution >= 0.6 is 11.6 Å². The van der Waals surface area contributed by atoms with Crippen LogP contribution in [0.2, 0.25) is 5.02 Å². The molecule has 0 saturated carbocycles. The topological polar surface area (TPSA) is 32.7 Å². The first-order valence-corrected chi connectivity index (χ1v) is 8.92. The van der Waals surface area contributed by atoms with E-state index in [2.05, 4.69) is 4.90 Å². The van der Waals surface area contributed by atoms with Gasteiger partial charge in [-0.05, 0) is 49.2 Å². The van der Waals surface area contributed by atoms with Crippen molar-refractivity contribution in [1.82, 2.24) is 4.90 Å². The summed E-state index contributed by atoms with van der Waals surface area (Å²) in [6.07, 6.45) is 2.30. The Morgan fingerprint density at radius 1 is 1.12 bits per heavy atom. The molecule has 24 heavy (non-hydrogen) atoms. The van der Waals surface area contributed by atoms with Crippen molar-refractivity contribution in [2.45, 2.75) is 18.9 Å². The van der Waals surface area contributed by atoms with Crippen LogP contribution in [0.4, 0.5) is 0 Å². The number of ether oxygens (including phenoxy) is 1. The fourth-order valence-electron chi connectivity index (χ4n) is 3.36. The lowest BCUT2D eigenvalue weighted by molar-refractivity contribution is 0.0636. The van der Waals surface area contributed by atoms with E-state index in [1.54, 1.807) is 0 Å². The number of benzene rings is 2. The third kappa shape index (κ3) is 4.50. The van der Waals surface area contributed by atoms with Crippen molar-refractivity contribution in [3.8, 4) is 5.75 Å². The van der Waals surface area contributed by atoms with Crippen molar-refractivity contribution in [2.75, 3.05) is 26.3 Å². The second-order valence-electron chi connectivity index (χ2n) is 6.38. The van der Waals surface area contributed by atoms with Gasteiger partial charge >= 0.3 is 0 Å². The maximum absolute atomic E-state index is 9.89. The van der Waals surface area contributed by atoms with E-state index in [9.17, 15) is 5.11 Å². The van der Waals surface area contributed by atoms with Crippen molar-refractivity contribution < 1.29 is 9.84 Å². The number of rotatable bonds is 6. The summed E-state index contributed by atoms with van der Waals surface area (Å²) in [5.41, 5.74) is 1.12. The molecule has 3 nitrogen and oxygen atoms in total. The Morgan fingerprint density at radius 2 is 1.88 bits per heavy atom. The highest BCUT2D eigenvalue weighted by Crippen LogP contribution is 2.28. The number of hydrogen-bond donors (Lipinski definition) is 1. The molecule has 0 aliphatic carbocycles. The number of halogens is 1. The van der Waals surface area contributed by atoms with E-state index in [1.165, 1.54) is 6.42 Å². The summed E-state index contributed by atoms with van der Waals surface area (Å²) in [6.45, 7) is 2.80. The van der Waals surface area contributed by atoms with Crippen molar-refractivity contribution >= 4 is 11.6 Å². The third-order valence-corrected chi connectivity index (χ3v) is 4.90. The minimum Gasteiger partial charge on any atom is -0.493 e. The molecule has 2 aromatic rings. The second kappa shape index (κ2) is 8.52. The lowest BCUT2D eigenvalue weighted by Gasteiger charge is -2.37. The van der Waals surface area contributed by atoms with E-state index in [4.69, 9.17) is 16.3 Å². The smallest absolute Gasteiger partial charge is 0.119 e. The number of aliphatic hydroxyl groups is 1. The van der Waals surface area contributed by atoms with Gasteiger partial charge < -0.3 is 9.84 Å². The normalized spacial score (nSPS) is 19.8. The third-order valence-electron chi connectivity index (χ3n) is 4.65. The van der Waals surface area contributed by atoms with E-state index in [1.807, 2.05) is 54.6 Å². The molecule has 0 spiro atoms. The molecular weight excluding hydrogens is 322 g/mol. The summed E-state index contributed by atoms with van der Waals surface area (Å²) < 4.78 is 5.92. The molecule has 1 aliphatic rings. The number of hydrogen-bond acceptors (Lipinski definition) is 3. The van der Waals surface area contributed by atoms with Crippen LogP contribution in [0, 0.1) is 5.92 Å². The maximum Gasteiger partial charge on any atom is 0.119 e. The summed E-state index contributed by atoms with van der Waals surface area (Å²) in [5.74, 6) is 1.41. The van der Waals surface area contributed by atoms with E-state index >= 15 is 0 Å². The predicted molar refractivity (Wildman–Crippen MR) is 97.5 cm³/mol. The van der Waals surface area contributed by atoms with Crippen LogP contribution in [0.25, 0.3) is 0 Å². The van der Waals surface area contributed by atoms with E-state index in [0.717, 1.165) is 42.5 Å². The average molecular weight is 346 g/mol. The molecule has 0 amide bonds. The first kappa shape index (κ1) is 17.3. The van der Waals surface area contributed by atoms with E-state index in [0.29, 0.717) is 5.92 Å². The summed E-state index contributed by atoms with van der Waals surface area (Å²) in [6, 6.07) is 17.8. The number of piperidine rings is 1. The lowest BCUT2D eigenvalue weighted by atomic mass is 9.95. The van der Waals surface area contributed by atoms with Crippen molar-refractivity contribution in [3.63, 3.8) is 0 Å². The molecule has 1 aliphatic heterocycles. The first-order valence-electron chi connectivity index (χ1n) is 8.54. The molecule has 0 bridgehead atoms. The SMILES string of the molecule is OCC(c1ccc(Cl)cc1)N1CCCC(COc2ccccc2)C1. The van der Waals surface area contributed by atoms with Gasteiger partial charge in [0.2, 0.25) is 0 Å². The van der Waals surface area contributed by atoms with E-state index < -0.39 is 0 Å². The van der Waals surface area contributed by atoms with Crippen LogP contribution in [0.1, 0.15) is 24.4 Å². The molecule has 4 heteroatoms. The Morgan fingerprint density at radius 3 is 2.58 bits per heavy atom. The molecule has 1 heterocycles. The molecular formula is C20H24ClNO2. The monoisotopic (exact) mass is 345 g/mol. The molecule has 1 N–H and O–H groups in total. The number of para-hydroxylation sites is 1. The van der Waals surface area contributed by atoms with Gasteiger partial charge in [-0.3, -0.25) is 4.90 Å². The van der Waals surface area contributed by atoms with Gasteiger partial charge in [-0.15, -0.1) is 0 Å². The molecule has 2 atom stereocenters. The zero-order valence-electron chi connectivity index (χ0n) is 13.8. The summed E-state index contributed by atoms with van der Waals surface area (Å²) >= 11 is 5.98. The van der Waals surface area contributed by atoms with Gasteiger partial charge in [0, 0.05) is 17.5 Å². The van der Waals surface area contributed by atoms with Crippen molar-refractivity contribution in [3.05, 3.63) is 65.2 Å². The molecule has 0 radical (unpaired) electrons. The van der Waals surface area contributed by atoms with Crippen molar-refractivity contribution in [2.24, 2.45) is 5.92 Å². The zero-order chi connectivity index (χ0) is 16.8.